The molecule has 32 heavy (non-hydrogen) atoms. The van der Waals surface area contributed by atoms with E-state index in [1.807, 2.05) is 0 Å². The van der Waals surface area contributed by atoms with Crippen LogP contribution in [-0.4, -0.2) is 24.0 Å². The molecule has 9 heteroatoms. The lowest BCUT2D eigenvalue weighted by molar-refractivity contribution is -0.156. The Balaban J connectivity index is 1.97. The summed E-state index contributed by atoms with van der Waals surface area (Å²) in [7, 11) is 0. The van der Waals surface area contributed by atoms with Gasteiger partial charge in [-0.2, -0.15) is 13.2 Å². The Morgan fingerprint density at radius 2 is 2.00 bits per heavy atom. The number of nitrogens with zero attached hydrogens (tertiary/aromatic N) is 2. The number of ether oxygens (including phenoxy) is 1. The molecule has 0 radical (unpaired) electrons. The lowest BCUT2D eigenvalue weighted by Crippen LogP contribution is -2.38. The molecule has 0 bridgehead atoms. The highest BCUT2D eigenvalue weighted by atomic mass is 19.4. The molecule has 1 aliphatic heterocycles. The van der Waals surface area contributed by atoms with E-state index >= 15 is 0 Å². The molecule has 1 unspecified atom stereocenters. The number of para-hydroxylation sites is 1. The summed E-state index contributed by atoms with van der Waals surface area (Å²) < 4.78 is 52.6. The van der Waals surface area contributed by atoms with Crippen molar-refractivity contribution in [2.45, 2.75) is 51.3 Å². The molecular formula is C23H19F3N2O4. The summed E-state index contributed by atoms with van der Waals surface area (Å²) in [6.45, 7) is 10.4. The number of hydrogen-bond acceptors (Lipinski definition) is 5. The first kappa shape index (κ1) is 21.8. The van der Waals surface area contributed by atoms with Gasteiger partial charge in [-0.15, -0.1) is 0 Å². The Kier molecular flexibility index (Phi) is 5.41. The zero-order valence-electron chi connectivity index (χ0n) is 17.3. The van der Waals surface area contributed by atoms with Gasteiger partial charge in [-0.25, -0.2) is 4.85 Å². The molecule has 2 aromatic rings. The third kappa shape index (κ3) is 3.70. The molecule has 2 aliphatic rings. The number of aliphatic imine (C=N–C) groups is 1. The standard InChI is InChI=1S/C23H19F3N2O4/c1-11-10-16(29)14-8-5-9-15(20(14)31-11)18-17(22(30)32-13-6-4-7-13)12(2)28-21(19(18)27-3)23(24,25)26/h5,8-10,13,17-18H,4,6-7H2,1-2H3/t17?,18-/m0/s1. The van der Waals surface area contributed by atoms with Crippen molar-refractivity contribution in [1.29, 1.82) is 0 Å². The predicted octanol–water partition coefficient (Wildman–Crippen LogP) is 5.06. The zero-order valence-corrected chi connectivity index (χ0v) is 17.3. The van der Waals surface area contributed by atoms with Gasteiger partial charge in [0, 0.05) is 17.7 Å². The molecular weight excluding hydrogens is 425 g/mol. The van der Waals surface area contributed by atoms with Crippen LogP contribution in [0.2, 0.25) is 0 Å². The van der Waals surface area contributed by atoms with E-state index in [0.29, 0.717) is 12.8 Å². The molecule has 1 aliphatic carbocycles. The minimum Gasteiger partial charge on any atom is -0.462 e. The number of esters is 1. The minimum atomic E-state index is -4.90. The fourth-order valence-electron chi connectivity index (χ4n) is 4.10. The SMILES string of the molecule is [C-]#[N+]C1=C(C(F)(F)F)N=C(C)C(C(=O)OC2CCC2)[C@@H]1c1cccc2c(=O)cc(C)oc12. The Hall–Kier alpha value is -3.41. The van der Waals surface area contributed by atoms with Crippen molar-refractivity contribution in [1.82, 2.24) is 0 Å². The van der Waals surface area contributed by atoms with Gasteiger partial charge >= 0.3 is 12.1 Å². The molecule has 2 heterocycles. The van der Waals surface area contributed by atoms with E-state index in [2.05, 4.69) is 9.84 Å². The van der Waals surface area contributed by atoms with Gasteiger partial charge < -0.3 is 9.15 Å². The van der Waals surface area contributed by atoms with Crippen molar-refractivity contribution in [3.05, 3.63) is 68.6 Å². The van der Waals surface area contributed by atoms with Crippen LogP contribution in [0.4, 0.5) is 13.2 Å². The maximum absolute atomic E-state index is 13.8. The Bertz CT molecular complexity index is 1260. The van der Waals surface area contributed by atoms with Crippen molar-refractivity contribution in [3.63, 3.8) is 0 Å². The molecule has 2 atom stereocenters. The van der Waals surface area contributed by atoms with Crippen molar-refractivity contribution in [2.24, 2.45) is 10.9 Å². The van der Waals surface area contributed by atoms with Crippen LogP contribution in [0.3, 0.4) is 0 Å². The maximum Gasteiger partial charge on any atom is 0.423 e. The highest BCUT2D eigenvalue weighted by molar-refractivity contribution is 6.04. The Morgan fingerprint density at radius 1 is 1.28 bits per heavy atom. The van der Waals surface area contributed by atoms with Gasteiger partial charge in [0.1, 0.15) is 23.1 Å². The van der Waals surface area contributed by atoms with Crippen LogP contribution < -0.4 is 5.43 Å². The quantitative estimate of drug-likeness (QED) is 0.490. The Labute approximate surface area is 181 Å². The molecule has 0 spiro atoms. The van der Waals surface area contributed by atoms with Gasteiger partial charge in [-0.1, -0.05) is 12.1 Å². The lowest BCUT2D eigenvalue weighted by Gasteiger charge is -2.33. The number of carbonyl (C=O) groups is 1. The van der Waals surface area contributed by atoms with Crippen molar-refractivity contribution in [3.8, 4) is 0 Å². The second kappa shape index (κ2) is 7.93. The monoisotopic (exact) mass is 444 g/mol. The molecule has 4 rings (SSSR count). The summed E-state index contributed by atoms with van der Waals surface area (Å²) in [5.41, 5.74) is -2.37. The van der Waals surface area contributed by atoms with Crippen molar-refractivity contribution >= 4 is 22.7 Å². The van der Waals surface area contributed by atoms with Gasteiger partial charge in [-0.05, 0) is 44.7 Å². The van der Waals surface area contributed by atoms with Crippen LogP contribution >= 0.6 is 0 Å². The molecule has 1 fully saturated rings. The number of hydrogen-bond donors (Lipinski definition) is 0. The summed E-state index contributed by atoms with van der Waals surface area (Å²) in [6, 6.07) is 5.72. The number of allylic oxidation sites excluding steroid dienone is 2. The highest BCUT2D eigenvalue weighted by Crippen LogP contribution is 2.46. The van der Waals surface area contributed by atoms with E-state index in [9.17, 15) is 22.8 Å². The van der Waals surface area contributed by atoms with Crippen LogP contribution in [0.15, 0.2) is 49.9 Å². The maximum atomic E-state index is 13.8. The number of carbonyl (C=O) groups excluding carboxylic acids is 1. The van der Waals surface area contributed by atoms with E-state index < -0.39 is 35.4 Å². The first-order chi connectivity index (χ1) is 15.1. The van der Waals surface area contributed by atoms with Crippen LogP contribution in [0.1, 0.15) is 43.4 Å². The molecule has 166 valence electrons. The van der Waals surface area contributed by atoms with Gasteiger partial charge in [0.2, 0.25) is 5.70 Å². The number of rotatable bonds is 3. The summed E-state index contributed by atoms with van der Waals surface area (Å²) >= 11 is 0. The minimum absolute atomic E-state index is 0.0429. The van der Waals surface area contributed by atoms with Crippen LogP contribution in [-0.2, 0) is 9.53 Å². The van der Waals surface area contributed by atoms with E-state index in [1.54, 1.807) is 6.92 Å². The lowest BCUT2D eigenvalue weighted by atomic mass is 9.77. The molecule has 6 nitrogen and oxygen atoms in total. The Morgan fingerprint density at radius 3 is 2.59 bits per heavy atom. The highest BCUT2D eigenvalue weighted by Gasteiger charge is 2.48. The summed E-state index contributed by atoms with van der Waals surface area (Å²) in [5, 5.41) is 0.150. The van der Waals surface area contributed by atoms with E-state index in [4.69, 9.17) is 15.7 Å². The van der Waals surface area contributed by atoms with E-state index in [1.165, 1.54) is 31.2 Å². The average molecular weight is 444 g/mol. The van der Waals surface area contributed by atoms with Gasteiger partial charge in [0.25, 0.3) is 0 Å². The fourth-order valence-corrected chi connectivity index (χ4v) is 4.10. The molecule has 1 saturated carbocycles. The number of halogens is 3. The van der Waals surface area contributed by atoms with Gasteiger partial charge in [-0.3, -0.25) is 14.6 Å². The second-order valence-electron chi connectivity index (χ2n) is 7.99. The third-order valence-corrected chi connectivity index (χ3v) is 5.83. The first-order valence-electron chi connectivity index (χ1n) is 10.1. The third-order valence-electron chi connectivity index (χ3n) is 5.83. The zero-order chi connectivity index (χ0) is 23.2. The van der Waals surface area contributed by atoms with E-state index in [0.717, 1.165) is 6.42 Å². The first-order valence-corrected chi connectivity index (χ1v) is 10.1. The van der Waals surface area contributed by atoms with Crippen molar-refractivity contribution in [2.75, 3.05) is 0 Å². The average Bonchev–Trinajstić information content (AvgIpc) is 2.68. The van der Waals surface area contributed by atoms with Crippen LogP contribution in [0.25, 0.3) is 15.8 Å². The van der Waals surface area contributed by atoms with Gasteiger partial charge in [0.05, 0.1) is 17.9 Å². The summed E-state index contributed by atoms with van der Waals surface area (Å²) in [4.78, 5) is 32.3. The number of fused-ring (bicyclic) bond motifs is 1. The number of benzene rings is 1. The predicted molar refractivity (Wildman–Crippen MR) is 110 cm³/mol. The molecule has 0 N–H and O–H groups in total. The normalized spacial score (nSPS) is 21.7. The molecule has 0 amide bonds. The number of alkyl halides is 3. The smallest absolute Gasteiger partial charge is 0.423 e. The van der Waals surface area contributed by atoms with Crippen LogP contribution in [0, 0.1) is 19.4 Å². The van der Waals surface area contributed by atoms with Gasteiger partial charge in [0.15, 0.2) is 5.43 Å². The van der Waals surface area contributed by atoms with E-state index in [-0.39, 0.29) is 39.5 Å². The fraction of sp³-hybridized carbons (Fsp3) is 0.391. The number of aryl methyl sites for hydroxylation is 1. The molecule has 1 aromatic carbocycles. The molecule has 0 saturated heterocycles. The molecule has 1 aromatic heterocycles. The summed E-state index contributed by atoms with van der Waals surface area (Å²) in [6.07, 6.45) is -2.93. The largest absolute Gasteiger partial charge is 0.462 e. The van der Waals surface area contributed by atoms with Crippen molar-refractivity contribution < 1.29 is 27.1 Å². The summed E-state index contributed by atoms with van der Waals surface area (Å²) in [5.74, 6) is -3.09. The topological polar surface area (TPSA) is 73.2 Å². The van der Waals surface area contributed by atoms with Crippen LogP contribution in [0.5, 0.6) is 0 Å². The second-order valence-corrected chi connectivity index (χ2v) is 7.99.